The monoisotopic (exact) mass is 402 g/mol. The topological polar surface area (TPSA) is 26.3 Å². The second-order valence-electron chi connectivity index (χ2n) is 8.11. The molecule has 1 unspecified atom stereocenters. The lowest BCUT2D eigenvalue weighted by molar-refractivity contribution is -0.389. The molecule has 1 aliphatic rings. The lowest BCUT2D eigenvalue weighted by atomic mass is 9.74. The Kier molecular flexibility index (Phi) is 7.09. The molecule has 2 nitrogen and oxygen atoms in total. The van der Waals surface area contributed by atoms with Crippen LogP contribution in [0.15, 0.2) is 11.6 Å². The van der Waals surface area contributed by atoms with Crippen LogP contribution in [0, 0.1) is 17.3 Å². The van der Waals surface area contributed by atoms with Crippen LogP contribution in [0.5, 0.6) is 0 Å². The van der Waals surface area contributed by atoms with E-state index in [1.54, 1.807) is 27.7 Å². The van der Waals surface area contributed by atoms with Crippen molar-refractivity contribution in [3.05, 3.63) is 11.6 Å². The second-order valence-corrected chi connectivity index (χ2v) is 8.11. The van der Waals surface area contributed by atoms with Crippen LogP contribution >= 0.6 is 0 Å². The van der Waals surface area contributed by atoms with Gasteiger partial charge in [-0.3, -0.25) is 4.79 Å². The van der Waals surface area contributed by atoms with E-state index in [9.17, 15) is 31.1 Å². The van der Waals surface area contributed by atoms with E-state index in [1.807, 2.05) is 0 Å². The Hall–Kier alpha value is -1.21. The van der Waals surface area contributed by atoms with Crippen molar-refractivity contribution in [3.8, 4) is 0 Å². The van der Waals surface area contributed by atoms with Crippen LogP contribution in [0.3, 0.4) is 0 Å². The third kappa shape index (κ3) is 4.62. The maximum Gasteiger partial charge on any atom is 0.437 e. The van der Waals surface area contributed by atoms with Crippen LogP contribution in [0.2, 0.25) is 0 Å². The summed E-state index contributed by atoms with van der Waals surface area (Å²) in [6.45, 7) is 7.67. The number of hydrogen-bond donors (Lipinski definition) is 0. The van der Waals surface area contributed by atoms with Crippen LogP contribution in [0.4, 0.5) is 26.3 Å². The first kappa shape index (κ1) is 23.8. The Morgan fingerprint density at radius 2 is 1.41 bits per heavy atom. The predicted octanol–water partition coefficient (Wildman–Crippen LogP) is 6.60. The fourth-order valence-corrected chi connectivity index (χ4v) is 3.65. The molecule has 0 heterocycles. The molecular formula is C19H28F6O2. The molecule has 1 fully saturated rings. The standard InChI is InChI=1S/C19H28F6O2/c1-12(2)11-16(5,13(3)4)15(26)27-17(18(20,21)22,19(23,24)25)14-9-7-6-8-10-14/h11,13-14H,6-10H2,1-5H3. The van der Waals surface area contributed by atoms with E-state index in [0.29, 0.717) is 12.0 Å². The Morgan fingerprint density at radius 3 is 1.74 bits per heavy atom. The van der Waals surface area contributed by atoms with Crippen molar-refractivity contribution in [2.75, 3.05) is 0 Å². The first-order valence-electron chi connectivity index (χ1n) is 9.12. The van der Waals surface area contributed by atoms with Gasteiger partial charge in [-0.05, 0) is 39.5 Å². The molecule has 0 saturated heterocycles. The van der Waals surface area contributed by atoms with Crippen molar-refractivity contribution in [1.29, 1.82) is 0 Å². The van der Waals surface area contributed by atoms with Gasteiger partial charge in [0.2, 0.25) is 0 Å². The fourth-order valence-electron chi connectivity index (χ4n) is 3.65. The fraction of sp³-hybridized carbons (Fsp3) is 0.842. The average molecular weight is 402 g/mol. The molecule has 158 valence electrons. The normalized spacial score (nSPS) is 19.6. The lowest BCUT2D eigenvalue weighted by Crippen LogP contribution is -2.65. The smallest absolute Gasteiger partial charge is 0.437 e. The number of halogens is 6. The number of ether oxygens (including phenoxy) is 1. The number of hydrogen-bond acceptors (Lipinski definition) is 2. The van der Waals surface area contributed by atoms with E-state index in [-0.39, 0.29) is 25.7 Å². The Labute approximate surface area is 156 Å². The minimum atomic E-state index is -5.76. The van der Waals surface area contributed by atoms with Gasteiger partial charge >= 0.3 is 23.9 Å². The Morgan fingerprint density at radius 1 is 0.963 bits per heavy atom. The summed E-state index contributed by atoms with van der Waals surface area (Å²) in [6.07, 6.45) is -9.66. The van der Waals surface area contributed by atoms with Gasteiger partial charge in [-0.15, -0.1) is 0 Å². The molecule has 0 amide bonds. The van der Waals surface area contributed by atoms with Crippen LogP contribution in [0.1, 0.15) is 66.7 Å². The van der Waals surface area contributed by atoms with Gasteiger partial charge in [0.05, 0.1) is 5.41 Å². The summed E-state index contributed by atoms with van der Waals surface area (Å²) in [5.41, 5.74) is -5.48. The third-order valence-corrected chi connectivity index (χ3v) is 5.50. The van der Waals surface area contributed by atoms with Crippen molar-refractivity contribution in [2.45, 2.75) is 84.7 Å². The molecular weight excluding hydrogens is 374 g/mol. The van der Waals surface area contributed by atoms with Gasteiger partial charge < -0.3 is 4.74 Å². The summed E-state index contributed by atoms with van der Waals surface area (Å²) in [4.78, 5) is 12.7. The molecule has 8 heteroatoms. The van der Waals surface area contributed by atoms with Gasteiger partial charge in [0.25, 0.3) is 0 Å². The van der Waals surface area contributed by atoms with Crippen molar-refractivity contribution >= 4 is 5.97 Å². The minimum Gasteiger partial charge on any atom is -0.438 e. The summed E-state index contributed by atoms with van der Waals surface area (Å²) < 4.78 is 87.6. The van der Waals surface area contributed by atoms with Crippen LogP contribution in [-0.4, -0.2) is 23.9 Å². The lowest BCUT2D eigenvalue weighted by Gasteiger charge is -2.45. The SMILES string of the molecule is CC(C)=CC(C)(C(=O)OC(C1CCCCC1)(C(F)(F)F)C(F)(F)F)C(C)C. The molecule has 0 spiro atoms. The number of allylic oxidation sites excluding steroid dienone is 1. The van der Waals surface area contributed by atoms with Crippen LogP contribution in [-0.2, 0) is 9.53 Å². The molecule has 0 aromatic carbocycles. The molecule has 1 aliphatic carbocycles. The van der Waals surface area contributed by atoms with E-state index < -0.39 is 41.2 Å². The maximum atomic E-state index is 13.9. The van der Waals surface area contributed by atoms with Gasteiger partial charge in [0.1, 0.15) is 0 Å². The summed E-state index contributed by atoms with van der Waals surface area (Å²) in [6, 6.07) is 0. The van der Waals surface area contributed by atoms with Crippen molar-refractivity contribution in [3.63, 3.8) is 0 Å². The number of rotatable bonds is 5. The number of alkyl halides is 6. The highest BCUT2D eigenvalue weighted by atomic mass is 19.4. The average Bonchev–Trinajstić information content (AvgIpc) is 2.49. The van der Waals surface area contributed by atoms with Gasteiger partial charge in [-0.1, -0.05) is 44.8 Å². The molecule has 0 bridgehead atoms. The minimum absolute atomic E-state index is 0.242. The Balaban J connectivity index is 3.52. The zero-order chi connectivity index (χ0) is 21.3. The van der Waals surface area contributed by atoms with Crippen LogP contribution in [0.25, 0.3) is 0 Å². The van der Waals surface area contributed by atoms with Crippen molar-refractivity contribution in [2.24, 2.45) is 17.3 Å². The molecule has 1 rings (SSSR count). The zero-order valence-electron chi connectivity index (χ0n) is 16.4. The van der Waals surface area contributed by atoms with Gasteiger partial charge in [-0.25, -0.2) is 0 Å². The number of carbonyl (C=O) groups excluding carboxylic acids is 1. The highest BCUT2D eigenvalue weighted by molar-refractivity contribution is 5.79. The van der Waals surface area contributed by atoms with Crippen LogP contribution < -0.4 is 0 Å². The Bertz CT molecular complexity index is 538. The summed E-state index contributed by atoms with van der Waals surface area (Å²) in [5.74, 6) is -3.89. The first-order valence-corrected chi connectivity index (χ1v) is 9.12. The molecule has 1 atom stereocenters. The van der Waals surface area contributed by atoms with E-state index in [4.69, 9.17) is 0 Å². The predicted molar refractivity (Wildman–Crippen MR) is 89.9 cm³/mol. The molecule has 0 aliphatic heterocycles. The van der Waals surface area contributed by atoms with Gasteiger partial charge in [-0.2, -0.15) is 26.3 Å². The maximum absolute atomic E-state index is 13.9. The van der Waals surface area contributed by atoms with Crippen molar-refractivity contribution < 1.29 is 35.9 Å². The molecule has 0 aromatic heterocycles. The van der Waals surface area contributed by atoms with Gasteiger partial charge in [0, 0.05) is 5.92 Å². The number of carbonyl (C=O) groups is 1. The van der Waals surface area contributed by atoms with E-state index >= 15 is 0 Å². The van der Waals surface area contributed by atoms with E-state index in [0.717, 1.165) is 0 Å². The van der Waals surface area contributed by atoms with Crippen molar-refractivity contribution in [1.82, 2.24) is 0 Å². The molecule has 1 saturated carbocycles. The highest BCUT2D eigenvalue weighted by Crippen LogP contribution is 2.55. The van der Waals surface area contributed by atoms with E-state index in [1.165, 1.54) is 13.0 Å². The zero-order valence-corrected chi connectivity index (χ0v) is 16.4. The molecule has 0 aromatic rings. The summed E-state index contributed by atoms with van der Waals surface area (Å²) in [5, 5.41) is 0. The largest absolute Gasteiger partial charge is 0.438 e. The van der Waals surface area contributed by atoms with E-state index in [2.05, 4.69) is 4.74 Å². The first-order chi connectivity index (χ1) is 12.1. The quantitative estimate of drug-likeness (QED) is 0.294. The highest BCUT2D eigenvalue weighted by Gasteiger charge is 2.77. The molecule has 0 N–H and O–H groups in total. The second kappa shape index (κ2) is 8.03. The molecule has 0 radical (unpaired) electrons. The number of esters is 1. The summed E-state index contributed by atoms with van der Waals surface area (Å²) >= 11 is 0. The van der Waals surface area contributed by atoms with Gasteiger partial charge in [0.15, 0.2) is 0 Å². The third-order valence-electron chi connectivity index (χ3n) is 5.50. The molecule has 27 heavy (non-hydrogen) atoms. The summed E-state index contributed by atoms with van der Waals surface area (Å²) in [7, 11) is 0.